The van der Waals surface area contributed by atoms with Crippen molar-refractivity contribution < 1.29 is 14.7 Å². The standard InChI is InChI=1S/C23H26ClN3O3/c1-25-22(30)27(12-9-17-5-3-2-4-6-17)21(29)23(25)10-13-26(14-11-23)16-18-7-8-20(28)19(24)15-18/h2-8,15,28H,9-14,16H2,1H3. The lowest BCUT2D eigenvalue weighted by Gasteiger charge is -2.40. The van der Waals surface area contributed by atoms with E-state index in [1.807, 2.05) is 36.4 Å². The van der Waals surface area contributed by atoms with E-state index in [4.69, 9.17) is 11.6 Å². The number of halogens is 1. The van der Waals surface area contributed by atoms with Gasteiger partial charge in [-0.05, 0) is 42.5 Å². The minimum atomic E-state index is -0.739. The van der Waals surface area contributed by atoms with Crippen LogP contribution in [0.2, 0.25) is 5.02 Å². The van der Waals surface area contributed by atoms with Crippen LogP contribution in [0.5, 0.6) is 5.75 Å². The number of phenolic OH excluding ortho intramolecular Hbond substituents is 1. The maximum Gasteiger partial charge on any atom is 0.327 e. The van der Waals surface area contributed by atoms with Crippen molar-refractivity contribution in [3.8, 4) is 5.75 Å². The molecule has 2 aromatic carbocycles. The van der Waals surface area contributed by atoms with Crippen molar-refractivity contribution in [2.75, 3.05) is 26.7 Å². The number of hydrogen-bond acceptors (Lipinski definition) is 4. The van der Waals surface area contributed by atoms with Gasteiger partial charge in [0, 0.05) is 33.2 Å². The lowest BCUT2D eigenvalue weighted by Crippen LogP contribution is -2.55. The molecule has 0 radical (unpaired) electrons. The summed E-state index contributed by atoms with van der Waals surface area (Å²) < 4.78 is 0. The summed E-state index contributed by atoms with van der Waals surface area (Å²) in [4.78, 5) is 31.4. The normalized spacial score (nSPS) is 19.1. The van der Waals surface area contributed by atoms with E-state index in [-0.39, 0.29) is 17.7 Å². The van der Waals surface area contributed by atoms with Gasteiger partial charge in [0.05, 0.1) is 5.02 Å². The highest BCUT2D eigenvalue weighted by Crippen LogP contribution is 2.36. The number of likely N-dealkylation sites (tertiary alicyclic amines) is 1. The molecule has 2 heterocycles. The number of urea groups is 1. The average Bonchev–Trinajstić information content (AvgIpc) is 2.92. The number of nitrogens with zero attached hydrogens (tertiary/aromatic N) is 3. The van der Waals surface area contributed by atoms with E-state index in [1.54, 1.807) is 24.1 Å². The molecule has 2 aromatic rings. The first-order valence-corrected chi connectivity index (χ1v) is 10.6. The van der Waals surface area contributed by atoms with Gasteiger partial charge in [0.15, 0.2) is 0 Å². The topological polar surface area (TPSA) is 64.1 Å². The summed E-state index contributed by atoms with van der Waals surface area (Å²) in [5.41, 5.74) is 1.39. The molecule has 0 atom stereocenters. The van der Waals surface area contributed by atoms with E-state index in [0.29, 0.717) is 50.5 Å². The number of hydrogen-bond donors (Lipinski definition) is 1. The van der Waals surface area contributed by atoms with Crippen molar-refractivity contribution in [1.29, 1.82) is 0 Å². The predicted octanol–water partition coefficient (Wildman–Crippen LogP) is 3.52. The fraction of sp³-hybridized carbons (Fsp3) is 0.391. The molecule has 4 rings (SSSR count). The van der Waals surface area contributed by atoms with Crippen LogP contribution in [0, 0.1) is 0 Å². The third-order valence-corrected chi connectivity index (χ3v) is 6.67. The first-order chi connectivity index (χ1) is 14.4. The summed E-state index contributed by atoms with van der Waals surface area (Å²) in [5, 5.41) is 9.93. The van der Waals surface area contributed by atoms with Crippen molar-refractivity contribution in [3.63, 3.8) is 0 Å². The van der Waals surface area contributed by atoms with Crippen molar-refractivity contribution in [3.05, 3.63) is 64.7 Å². The molecule has 0 saturated carbocycles. The number of carbonyl (C=O) groups excluding carboxylic acids is 2. The van der Waals surface area contributed by atoms with Crippen LogP contribution in [0.15, 0.2) is 48.5 Å². The Kier molecular flexibility index (Phi) is 5.71. The highest BCUT2D eigenvalue weighted by Gasteiger charge is 2.56. The molecule has 0 aliphatic carbocycles. The van der Waals surface area contributed by atoms with E-state index in [0.717, 1.165) is 11.1 Å². The lowest BCUT2D eigenvalue weighted by molar-refractivity contribution is -0.135. The molecule has 0 aromatic heterocycles. The fourth-order valence-corrected chi connectivity index (χ4v) is 4.67. The van der Waals surface area contributed by atoms with Gasteiger partial charge in [-0.2, -0.15) is 0 Å². The molecule has 2 fully saturated rings. The molecule has 7 heteroatoms. The van der Waals surface area contributed by atoms with Crippen molar-refractivity contribution in [1.82, 2.24) is 14.7 Å². The Hall–Kier alpha value is -2.57. The van der Waals surface area contributed by atoms with Gasteiger partial charge in [0.25, 0.3) is 5.91 Å². The first-order valence-electron chi connectivity index (χ1n) is 10.2. The summed E-state index contributed by atoms with van der Waals surface area (Å²) >= 11 is 6.01. The Balaban J connectivity index is 1.40. The van der Waals surface area contributed by atoms with Crippen LogP contribution in [0.4, 0.5) is 4.79 Å². The number of phenols is 1. The molecule has 0 bridgehead atoms. The second kappa shape index (κ2) is 8.28. The highest BCUT2D eigenvalue weighted by atomic mass is 35.5. The molecular formula is C23H26ClN3O3. The van der Waals surface area contributed by atoms with Gasteiger partial charge >= 0.3 is 6.03 Å². The zero-order valence-corrected chi connectivity index (χ0v) is 17.8. The van der Waals surface area contributed by atoms with Gasteiger partial charge in [-0.3, -0.25) is 14.6 Å². The van der Waals surface area contributed by atoms with E-state index in [1.165, 1.54) is 4.90 Å². The highest BCUT2D eigenvalue weighted by molar-refractivity contribution is 6.32. The van der Waals surface area contributed by atoms with Crippen LogP contribution >= 0.6 is 11.6 Å². The van der Waals surface area contributed by atoms with Gasteiger partial charge in [0.2, 0.25) is 0 Å². The molecular weight excluding hydrogens is 402 g/mol. The summed E-state index contributed by atoms with van der Waals surface area (Å²) in [6.07, 6.45) is 1.89. The Labute approximate surface area is 181 Å². The molecule has 2 saturated heterocycles. The van der Waals surface area contributed by atoms with Crippen LogP contribution in [-0.4, -0.2) is 64.0 Å². The monoisotopic (exact) mass is 427 g/mol. The van der Waals surface area contributed by atoms with Crippen molar-refractivity contribution in [2.45, 2.75) is 31.3 Å². The minimum Gasteiger partial charge on any atom is -0.506 e. The second-order valence-corrected chi connectivity index (χ2v) is 8.53. The molecule has 2 aliphatic heterocycles. The Morgan fingerprint density at radius 3 is 2.40 bits per heavy atom. The van der Waals surface area contributed by atoms with Gasteiger partial charge in [-0.25, -0.2) is 4.79 Å². The number of piperidine rings is 1. The van der Waals surface area contributed by atoms with Gasteiger partial charge in [-0.1, -0.05) is 48.0 Å². The Bertz CT molecular complexity index is 942. The molecule has 2 aliphatic rings. The van der Waals surface area contributed by atoms with Crippen LogP contribution in [0.3, 0.4) is 0 Å². The summed E-state index contributed by atoms with van der Waals surface area (Å²) in [5.74, 6) is 0.00329. The number of rotatable bonds is 5. The van der Waals surface area contributed by atoms with Crippen LogP contribution in [0.25, 0.3) is 0 Å². The van der Waals surface area contributed by atoms with Crippen molar-refractivity contribution in [2.24, 2.45) is 0 Å². The number of benzene rings is 2. The molecule has 158 valence electrons. The van der Waals surface area contributed by atoms with Crippen molar-refractivity contribution >= 4 is 23.5 Å². The third kappa shape index (κ3) is 3.77. The number of likely N-dealkylation sites (N-methyl/N-ethyl adjacent to an activating group) is 1. The number of carbonyl (C=O) groups is 2. The largest absolute Gasteiger partial charge is 0.506 e. The Morgan fingerprint density at radius 1 is 1.03 bits per heavy atom. The van der Waals surface area contributed by atoms with Gasteiger partial charge < -0.3 is 10.0 Å². The second-order valence-electron chi connectivity index (χ2n) is 8.13. The maximum absolute atomic E-state index is 13.3. The Morgan fingerprint density at radius 2 is 1.73 bits per heavy atom. The van der Waals surface area contributed by atoms with E-state index >= 15 is 0 Å². The molecule has 30 heavy (non-hydrogen) atoms. The zero-order chi connectivity index (χ0) is 21.3. The molecule has 0 unspecified atom stereocenters. The fourth-order valence-electron chi connectivity index (χ4n) is 4.47. The number of aromatic hydroxyl groups is 1. The van der Waals surface area contributed by atoms with Crippen LogP contribution in [0.1, 0.15) is 24.0 Å². The van der Waals surface area contributed by atoms with E-state index < -0.39 is 5.54 Å². The lowest BCUT2D eigenvalue weighted by atomic mass is 9.86. The zero-order valence-electron chi connectivity index (χ0n) is 17.1. The van der Waals surface area contributed by atoms with E-state index in [2.05, 4.69) is 4.90 Å². The minimum absolute atomic E-state index is 0.0711. The summed E-state index contributed by atoms with van der Waals surface area (Å²) in [6, 6.07) is 14.9. The van der Waals surface area contributed by atoms with Crippen LogP contribution in [-0.2, 0) is 17.8 Å². The summed E-state index contributed by atoms with van der Waals surface area (Å²) in [7, 11) is 1.75. The SMILES string of the molecule is CN1C(=O)N(CCc2ccccc2)C(=O)C12CCN(Cc1ccc(O)c(Cl)c1)CC2. The number of imide groups is 1. The first kappa shape index (κ1) is 20.7. The number of amides is 3. The summed E-state index contributed by atoms with van der Waals surface area (Å²) in [6.45, 7) is 2.53. The van der Waals surface area contributed by atoms with E-state index in [9.17, 15) is 14.7 Å². The quantitative estimate of drug-likeness (QED) is 0.741. The van der Waals surface area contributed by atoms with Gasteiger partial charge in [0.1, 0.15) is 11.3 Å². The molecule has 1 N–H and O–H groups in total. The molecule has 1 spiro atoms. The predicted molar refractivity (Wildman–Crippen MR) is 115 cm³/mol. The van der Waals surface area contributed by atoms with Gasteiger partial charge in [-0.15, -0.1) is 0 Å². The average molecular weight is 428 g/mol. The van der Waals surface area contributed by atoms with Crippen LogP contribution < -0.4 is 0 Å². The molecule has 6 nitrogen and oxygen atoms in total. The molecule has 3 amide bonds. The smallest absolute Gasteiger partial charge is 0.327 e. The maximum atomic E-state index is 13.3. The third-order valence-electron chi connectivity index (χ3n) is 6.37.